The molecular formula is C45H56N6O9. The maximum absolute atomic E-state index is 14.4. The van der Waals surface area contributed by atoms with E-state index in [0.717, 1.165) is 16.7 Å². The molecule has 2 atom stereocenters. The summed E-state index contributed by atoms with van der Waals surface area (Å²) >= 11 is 0. The van der Waals surface area contributed by atoms with E-state index < -0.39 is 76.7 Å². The number of carboxylic acid groups (broad SMARTS) is 1. The fraction of sp³-hybridized carbons (Fsp3) is 0.400. The molecule has 4 aromatic rings. The Morgan fingerprint density at radius 2 is 1.18 bits per heavy atom. The Bertz CT molecular complexity index is 2010. The monoisotopic (exact) mass is 824 g/mol. The predicted molar refractivity (Wildman–Crippen MR) is 224 cm³/mol. The zero-order valence-corrected chi connectivity index (χ0v) is 35.4. The number of nitrogens with one attached hydrogen (secondary N) is 4. The Balaban J connectivity index is 1.72. The number of esters is 1. The number of carbonyl (C=O) groups is 6. The highest BCUT2D eigenvalue weighted by molar-refractivity contribution is 5.96. The second-order valence-corrected chi connectivity index (χ2v) is 16.8. The molecule has 0 aliphatic rings. The van der Waals surface area contributed by atoms with Gasteiger partial charge in [0.05, 0.1) is 6.33 Å². The maximum Gasteiger partial charge on any atom is 0.408 e. The number of carboxylic acids is 1. The van der Waals surface area contributed by atoms with E-state index in [4.69, 9.17) is 14.6 Å². The molecule has 3 aromatic carbocycles. The number of nitrogens with zero attached hydrogens (tertiary/aromatic N) is 2. The van der Waals surface area contributed by atoms with Gasteiger partial charge in [0.1, 0.15) is 40.9 Å². The third kappa shape index (κ3) is 12.5. The van der Waals surface area contributed by atoms with Crippen molar-refractivity contribution >= 4 is 35.8 Å². The SMILES string of the molecule is CC(C)(C)OC(=O)CCC(NC(=O)C(C)(C)NC(=O)[C@@H](Cc1cncn1C(c1ccccc1)(c1ccccc1)c1ccccc1)NC(=O)OC(C)(C)C)C(=O)NCC(=O)O. The van der Waals surface area contributed by atoms with E-state index in [2.05, 4.69) is 26.3 Å². The summed E-state index contributed by atoms with van der Waals surface area (Å²) in [5.41, 5.74) is -1.20. The quantitative estimate of drug-likeness (QED) is 0.0722. The van der Waals surface area contributed by atoms with Crippen LogP contribution < -0.4 is 21.3 Å². The second kappa shape index (κ2) is 19.5. The molecule has 4 amide bonds. The zero-order valence-electron chi connectivity index (χ0n) is 35.4. The first-order valence-corrected chi connectivity index (χ1v) is 19.6. The van der Waals surface area contributed by atoms with E-state index in [1.165, 1.54) is 13.8 Å². The van der Waals surface area contributed by atoms with Crippen molar-refractivity contribution in [1.82, 2.24) is 30.8 Å². The molecule has 0 bridgehead atoms. The molecule has 15 heteroatoms. The number of alkyl carbamates (subject to hydrolysis) is 1. The van der Waals surface area contributed by atoms with Gasteiger partial charge in [0, 0.05) is 24.7 Å². The van der Waals surface area contributed by atoms with Gasteiger partial charge >= 0.3 is 18.0 Å². The molecule has 0 radical (unpaired) electrons. The lowest BCUT2D eigenvalue weighted by molar-refractivity contribution is -0.155. The van der Waals surface area contributed by atoms with Crippen LogP contribution in [-0.2, 0) is 45.4 Å². The molecule has 320 valence electrons. The predicted octanol–water partition coefficient (Wildman–Crippen LogP) is 4.86. The van der Waals surface area contributed by atoms with Crippen LogP contribution in [0, 0.1) is 0 Å². The number of imidazole rings is 1. The number of benzene rings is 3. The number of hydrogen-bond donors (Lipinski definition) is 5. The minimum Gasteiger partial charge on any atom is -0.480 e. The number of carbonyl (C=O) groups excluding carboxylic acids is 5. The van der Waals surface area contributed by atoms with Gasteiger partial charge in [-0.05, 0) is 78.5 Å². The lowest BCUT2D eigenvalue weighted by Crippen LogP contribution is -2.62. The highest BCUT2D eigenvalue weighted by atomic mass is 16.6. The van der Waals surface area contributed by atoms with Crippen molar-refractivity contribution in [2.45, 2.75) is 109 Å². The number of aromatic nitrogens is 2. The van der Waals surface area contributed by atoms with Gasteiger partial charge < -0.3 is 40.4 Å². The average molecular weight is 825 g/mol. The van der Waals surface area contributed by atoms with Crippen molar-refractivity contribution in [3.8, 4) is 0 Å². The summed E-state index contributed by atoms with van der Waals surface area (Å²) < 4.78 is 12.9. The van der Waals surface area contributed by atoms with Crippen molar-refractivity contribution in [3.05, 3.63) is 126 Å². The molecule has 0 spiro atoms. The standard InChI is InChI=1S/C45H56N6O9/c1-42(2,3)59-37(54)25-24-34(38(55)47-28-36(52)53)48-40(57)44(7,8)50-39(56)35(49-41(58)60-43(4,5)6)26-33-27-46-29-51(33)45(30-18-12-9-13-19-30,31-20-14-10-15-21-31)32-22-16-11-17-23-32/h9-23,27,29,34-35H,24-26,28H2,1-8H3,(H,47,55)(H,48,57)(H,49,58)(H,50,56)(H,52,53)/t34?,35-/m1/s1. The summed E-state index contributed by atoms with van der Waals surface area (Å²) in [7, 11) is 0. The minimum absolute atomic E-state index is 0.118. The number of amides is 4. The molecule has 0 aliphatic heterocycles. The van der Waals surface area contributed by atoms with Gasteiger partial charge in [-0.3, -0.25) is 24.0 Å². The van der Waals surface area contributed by atoms with Crippen molar-refractivity contribution in [2.75, 3.05) is 6.54 Å². The molecule has 1 unspecified atom stereocenters. The Labute approximate surface area is 350 Å². The molecule has 15 nitrogen and oxygen atoms in total. The number of aliphatic carboxylic acids is 1. The summed E-state index contributed by atoms with van der Waals surface area (Å²) in [4.78, 5) is 83.0. The summed E-state index contributed by atoms with van der Waals surface area (Å²) in [6.07, 6.45) is 1.79. The summed E-state index contributed by atoms with van der Waals surface area (Å²) in [6, 6.07) is 26.8. The van der Waals surface area contributed by atoms with Gasteiger partial charge in [-0.15, -0.1) is 0 Å². The molecule has 5 N–H and O–H groups in total. The Morgan fingerprint density at radius 3 is 1.65 bits per heavy atom. The molecule has 0 saturated heterocycles. The van der Waals surface area contributed by atoms with E-state index in [0.29, 0.717) is 5.69 Å². The number of rotatable bonds is 17. The van der Waals surface area contributed by atoms with E-state index in [1.54, 1.807) is 54.1 Å². The van der Waals surface area contributed by atoms with Crippen molar-refractivity contribution in [1.29, 1.82) is 0 Å². The van der Waals surface area contributed by atoms with Gasteiger partial charge in [-0.25, -0.2) is 9.78 Å². The van der Waals surface area contributed by atoms with Crippen molar-refractivity contribution in [3.63, 3.8) is 0 Å². The molecular weight excluding hydrogens is 769 g/mol. The van der Waals surface area contributed by atoms with E-state index in [1.807, 2.05) is 95.6 Å². The first kappa shape index (κ1) is 46.2. The normalized spacial score (nSPS) is 12.9. The smallest absolute Gasteiger partial charge is 0.408 e. The van der Waals surface area contributed by atoms with E-state index >= 15 is 0 Å². The van der Waals surface area contributed by atoms with Crippen LogP contribution in [0.5, 0.6) is 0 Å². The Hall–Kier alpha value is -6.51. The fourth-order valence-corrected chi connectivity index (χ4v) is 6.60. The Morgan fingerprint density at radius 1 is 0.683 bits per heavy atom. The molecule has 1 heterocycles. The van der Waals surface area contributed by atoms with Crippen LogP contribution in [0.3, 0.4) is 0 Å². The van der Waals surface area contributed by atoms with Crippen molar-refractivity contribution in [2.24, 2.45) is 0 Å². The van der Waals surface area contributed by atoms with E-state index in [-0.39, 0.29) is 19.3 Å². The molecule has 0 saturated carbocycles. The number of hydrogen-bond acceptors (Lipinski definition) is 9. The van der Waals surface area contributed by atoms with E-state index in [9.17, 15) is 28.8 Å². The molecule has 0 fully saturated rings. The molecule has 60 heavy (non-hydrogen) atoms. The lowest BCUT2D eigenvalue weighted by atomic mass is 9.76. The van der Waals surface area contributed by atoms with Gasteiger partial charge in [0.2, 0.25) is 17.7 Å². The summed E-state index contributed by atoms with van der Waals surface area (Å²) in [5, 5.41) is 19.3. The highest BCUT2D eigenvalue weighted by Gasteiger charge is 2.41. The summed E-state index contributed by atoms with van der Waals surface area (Å²) in [6.45, 7) is 12.2. The fourth-order valence-electron chi connectivity index (χ4n) is 6.60. The first-order valence-electron chi connectivity index (χ1n) is 19.6. The van der Waals surface area contributed by atoms with Crippen LogP contribution in [0.15, 0.2) is 104 Å². The van der Waals surface area contributed by atoms with Crippen LogP contribution in [-0.4, -0.2) is 85.8 Å². The topological polar surface area (TPSA) is 207 Å². The summed E-state index contributed by atoms with van der Waals surface area (Å²) in [5.74, 6) is -4.39. The zero-order chi connectivity index (χ0) is 44.3. The molecule has 4 rings (SSSR count). The van der Waals surface area contributed by atoms with Crippen molar-refractivity contribution < 1.29 is 43.3 Å². The second-order valence-electron chi connectivity index (χ2n) is 16.8. The van der Waals surface area contributed by atoms with Crippen LogP contribution in [0.4, 0.5) is 4.79 Å². The number of ether oxygens (including phenoxy) is 2. The molecule has 1 aromatic heterocycles. The van der Waals surface area contributed by atoms with Gasteiger partial charge in [0.15, 0.2) is 0 Å². The van der Waals surface area contributed by atoms with Crippen LogP contribution in [0.1, 0.15) is 90.6 Å². The third-order valence-corrected chi connectivity index (χ3v) is 9.17. The Kier molecular flexibility index (Phi) is 15.0. The molecule has 0 aliphatic carbocycles. The van der Waals surface area contributed by atoms with Crippen LogP contribution in [0.25, 0.3) is 0 Å². The van der Waals surface area contributed by atoms with Crippen LogP contribution in [0.2, 0.25) is 0 Å². The van der Waals surface area contributed by atoms with Gasteiger partial charge in [-0.1, -0.05) is 91.0 Å². The largest absolute Gasteiger partial charge is 0.480 e. The van der Waals surface area contributed by atoms with Crippen LogP contribution >= 0.6 is 0 Å². The highest BCUT2D eigenvalue weighted by Crippen LogP contribution is 2.41. The first-order chi connectivity index (χ1) is 28.1. The minimum atomic E-state index is -1.72. The third-order valence-electron chi connectivity index (χ3n) is 9.17. The average Bonchev–Trinajstić information content (AvgIpc) is 3.63. The van der Waals surface area contributed by atoms with Gasteiger partial charge in [-0.2, -0.15) is 0 Å². The van der Waals surface area contributed by atoms with Gasteiger partial charge in [0.25, 0.3) is 0 Å². The lowest BCUT2D eigenvalue weighted by Gasteiger charge is -2.39. The maximum atomic E-state index is 14.4.